The van der Waals surface area contributed by atoms with Gasteiger partial charge >= 0.3 is 17.9 Å². The minimum Gasteiger partial charge on any atom is -0.462 e. The Morgan fingerprint density at radius 1 is 0.328 bits per heavy atom. The van der Waals surface area contributed by atoms with Crippen molar-refractivity contribution in [1.82, 2.24) is 0 Å². The van der Waals surface area contributed by atoms with E-state index in [1.165, 1.54) is 167 Å². The monoisotopic (exact) mass is 857 g/mol. The number of rotatable bonds is 48. The van der Waals surface area contributed by atoms with Gasteiger partial charge in [-0.3, -0.25) is 14.4 Å². The standard InChI is InChI=1S/C55H100O6/c1-4-7-10-13-16-19-22-24-26-28-30-31-33-36-39-42-45-48-54(57)60-51-52(50-59-53(56)47-44-41-38-35-21-18-15-12-9-6-3)61-55(58)49-46-43-40-37-34-32-29-27-25-23-20-17-14-11-8-5-2/h24,26-27,29,32,34,52H,4-23,25,28,30-31,33,35-51H2,1-3H3/b26-24-,29-27-,34-32-. The van der Waals surface area contributed by atoms with Gasteiger partial charge in [-0.15, -0.1) is 0 Å². The summed E-state index contributed by atoms with van der Waals surface area (Å²) in [5, 5.41) is 0. The normalized spacial score (nSPS) is 12.2. The number of allylic oxidation sites excluding steroid dienone is 6. The van der Waals surface area contributed by atoms with Crippen LogP contribution in [-0.2, 0) is 28.6 Å². The van der Waals surface area contributed by atoms with Crippen LogP contribution in [0.5, 0.6) is 0 Å². The van der Waals surface area contributed by atoms with E-state index in [9.17, 15) is 14.4 Å². The molecule has 0 aromatic rings. The van der Waals surface area contributed by atoms with Crippen LogP contribution in [0.3, 0.4) is 0 Å². The molecular weight excluding hydrogens is 757 g/mol. The van der Waals surface area contributed by atoms with Crippen molar-refractivity contribution >= 4 is 17.9 Å². The lowest BCUT2D eigenvalue weighted by molar-refractivity contribution is -0.167. The van der Waals surface area contributed by atoms with Crippen LogP contribution in [0.15, 0.2) is 36.5 Å². The first-order chi connectivity index (χ1) is 30.0. The van der Waals surface area contributed by atoms with E-state index in [0.29, 0.717) is 19.3 Å². The summed E-state index contributed by atoms with van der Waals surface area (Å²) in [5.41, 5.74) is 0. The number of ether oxygens (including phenoxy) is 3. The van der Waals surface area contributed by atoms with E-state index in [-0.39, 0.29) is 31.1 Å². The van der Waals surface area contributed by atoms with Crippen molar-refractivity contribution in [2.75, 3.05) is 13.2 Å². The van der Waals surface area contributed by atoms with Crippen LogP contribution in [0.1, 0.15) is 278 Å². The largest absolute Gasteiger partial charge is 0.462 e. The van der Waals surface area contributed by atoms with Gasteiger partial charge in [0.15, 0.2) is 6.10 Å². The zero-order chi connectivity index (χ0) is 44.4. The van der Waals surface area contributed by atoms with Crippen molar-refractivity contribution in [2.24, 2.45) is 0 Å². The second-order valence-corrected chi connectivity index (χ2v) is 17.8. The highest BCUT2D eigenvalue weighted by molar-refractivity contribution is 5.71. The molecule has 0 heterocycles. The molecule has 0 saturated carbocycles. The lowest BCUT2D eigenvalue weighted by Gasteiger charge is -2.18. The van der Waals surface area contributed by atoms with Crippen LogP contribution in [0.25, 0.3) is 0 Å². The van der Waals surface area contributed by atoms with Crippen LogP contribution >= 0.6 is 0 Å². The minimum absolute atomic E-state index is 0.0815. The van der Waals surface area contributed by atoms with Gasteiger partial charge in [0.2, 0.25) is 0 Å². The molecule has 0 saturated heterocycles. The molecule has 0 aromatic heterocycles. The molecule has 0 radical (unpaired) electrons. The van der Waals surface area contributed by atoms with Crippen LogP contribution in [0.2, 0.25) is 0 Å². The SMILES string of the molecule is CCCCCCCC/C=C\CCCCCCCCCC(=O)OCC(COC(=O)CCCCCCCCCCCC)OC(=O)CCCCC/C=C\C=C/CCCCCCCCC. The average molecular weight is 857 g/mol. The Morgan fingerprint density at radius 3 is 0.934 bits per heavy atom. The van der Waals surface area contributed by atoms with Crippen LogP contribution in [0.4, 0.5) is 0 Å². The van der Waals surface area contributed by atoms with E-state index in [1.807, 2.05) is 0 Å². The third kappa shape index (κ3) is 48.5. The summed E-state index contributed by atoms with van der Waals surface area (Å²) in [6.45, 7) is 6.61. The van der Waals surface area contributed by atoms with E-state index < -0.39 is 6.10 Å². The first-order valence-electron chi connectivity index (χ1n) is 26.5. The smallest absolute Gasteiger partial charge is 0.306 e. The second-order valence-electron chi connectivity index (χ2n) is 17.8. The summed E-state index contributed by atoms with van der Waals surface area (Å²) in [4.78, 5) is 37.9. The van der Waals surface area contributed by atoms with Crippen molar-refractivity contribution in [1.29, 1.82) is 0 Å². The topological polar surface area (TPSA) is 78.9 Å². The van der Waals surface area contributed by atoms with Gasteiger partial charge in [-0.1, -0.05) is 224 Å². The summed E-state index contributed by atoms with van der Waals surface area (Å²) in [6.07, 6.45) is 58.4. The lowest BCUT2D eigenvalue weighted by Crippen LogP contribution is -2.30. The van der Waals surface area contributed by atoms with Gasteiger partial charge in [-0.25, -0.2) is 0 Å². The molecule has 0 aromatic carbocycles. The Balaban J connectivity index is 4.36. The molecule has 0 amide bonds. The van der Waals surface area contributed by atoms with Gasteiger partial charge in [-0.05, 0) is 70.6 Å². The molecule has 1 atom stereocenters. The maximum atomic E-state index is 12.8. The fourth-order valence-corrected chi connectivity index (χ4v) is 7.60. The predicted molar refractivity (Wildman–Crippen MR) is 261 cm³/mol. The summed E-state index contributed by atoms with van der Waals surface area (Å²) >= 11 is 0. The van der Waals surface area contributed by atoms with Gasteiger partial charge in [0.05, 0.1) is 0 Å². The van der Waals surface area contributed by atoms with Gasteiger partial charge in [-0.2, -0.15) is 0 Å². The second kappa shape index (κ2) is 50.3. The maximum Gasteiger partial charge on any atom is 0.306 e. The minimum atomic E-state index is -0.783. The summed E-state index contributed by atoms with van der Waals surface area (Å²) in [5.74, 6) is -0.904. The zero-order valence-electron chi connectivity index (χ0n) is 40.7. The van der Waals surface area contributed by atoms with Crippen LogP contribution in [0, 0.1) is 0 Å². The van der Waals surface area contributed by atoms with E-state index >= 15 is 0 Å². The fraction of sp³-hybridized carbons (Fsp3) is 0.836. The number of hydrogen-bond acceptors (Lipinski definition) is 6. The molecule has 0 spiro atoms. The van der Waals surface area contributed by atoms with Gasteiger partial charge in [0, 0.05) is 19.3 Å². The molecule has 0 aliphatic carbocycles. The first-order valence-corrected chi connectivity index (χ1v) is 26.5. The average Bonchev–Trinajstić information content (AvgIpc) is 3.26. The van der Waals surface area contributed by atoms with Gasteiger partial charge in [0.25, 0.3) is 0 Å². The number of hydrogen-bond donors (Lipinski definition) is 0. The van der Waals surface area contributed by atoms with Gasteiger partial charge in [0.1, 0.15) is 13.2 Å². The van der Waals surface area contributed by atoms with Crippen molar-refractivity contribution in [2.45, 2.75) is 284 Å². The van der Waals surface area contributed by atoms with E-state index in [0.717, 1.165) is 70.6 Å². The molecule has 0 bridgehead atoms. The summed E-state index contributed by atoms with van der Waals surface area (Å²) in [6, 6.07) is 0. The van der Waals surface area contributed by atoms with E-state index in [2.05, 4.69) is 57.2 Å². The van der Waals surface area contributed by atoms with Crippen molar-refractivity contribution in [3.63, 3.8) is 0 Å². The molecule has 356 valence electrons. The number of esters is 3. The van der Waals surface area contributed by atoms with E-state index in [1.54, 1.807) is 0 Å². The fourth-order valence-electron chi connectivity index (χ4n) is 7.60. The third-order valence-electron chi connectivity index (χ3n) is 11.6. The Bertz CT molecular complexity index is 1030. The molecule has 0 fully saturated rings. The molecule has 1 unspecified atom stereocenters. The van der Waals surface area contributed by atoms with Crippen LogP contribution < -0.4 is 0 Å². The highest BCUT2D eigenvalue weighted by Crippen LogP contribution is 2.15. The Hall–Kier alpha value is -2.37. The highest BCUT2D eigenvalue weighted by Gasteiger charge is 2.19. The third-order valence-corrected chi connectivity index (χ3v) is 11.6. The molecule has 0 aliphatic heterocycles. The number of carbonyl (C=O) groups is 3. The number of unbranched alkanes of at least 4 members (excludes halogenated alkanes) is 32. The van der Waals surface area contributed by atoms with Crippen molar-refractivity contribution in [3.8, 4) is 0 Å². The Labute approximate surface area is 378 Å². The van der Waals surface area contributed by atoms with E-state index in [4.69, 9.17) is 14.2 Å². The lowest BCUT2D eigenvalue weighted by atomic mass is 10.1. The Morgan fingerprint density at radius 2 is 0.590 bits per heavy atom. The molecule has 6 heteroatoms. The zero-order valence-corrected chi connectivity index (χ0v) is 40.7. The molecular formula is C55H100O6. The summed E-state index contributed by atoms with van der Waals surface area (Å²) in [7, 11) is 0. The van der Waals surface area contributed by atoms with Crippen molar-refractivity contribution in [3.05, 3.63) is 36.5 Å². The predicted octanol–water partition coefficient (Wildman–Crippen LogP) is 17.3. The molecule has 0 aliphatic rings. The van der Waals surface area contributed by atoms with Gasteiger partial charge < -0.3 is 14.2 Å². The Kier molecular flexibility index (Phi) is 48.3. The maximum absolute atomic E-state index is 12.8. The molecule has 6 nitrogen and oxygen atoms in total. The van der Waals surface area contributed by atoms with Crippen molar-refractivity contribution < 1.29 is 28.6 Å². The quantitative estimate of drug-likeness (QED) is 0.0199. The number of carbonyl (C=O) groups excluding carboxylic acids is 3. The summed E-state index contributed by atoms with van der Waals surface area (Å²) < 4.78 is 16.8. The van der Waals surface area contributed by atoms with Crippen LogP contribution in [-0.4, -0.2) is 37.2 Å². The molecule has 0 N–H and O–H groups in total. The first kappa shape index (κ1) is 58.6. The highest BCUT2D eigenvalue weighted by atomic mass is 16.6. The molecule has 0 rings (SSSR count). The molecule has 61 heavy (non-hydrogen) atoms.